The van der Waals surface area contributed by atoms with Crippen LogP contribution in [-0.2, 0) is 11.3 Å². The third kappa shape index (κ3) is 4.83. The van der Waals surface area contributed by atoms with E-state index in [1.54, 1.807) is 20.4 Å². The lowest BCUT2D eigenvalue weighted by Crippen LogP contribution is -2.17. The number of rotatable bonds is 8. The van der Waals surface area contributed by atoms with Crippen molar-refractivity contribution in [1.82, 2.24) is 15.0 Å². The van der Waals surface area contributed by atoms with Gasteiger partial charge in [0.25, 0.3) is 5.91 Å². The highest BCUT2D eigenvalue weighted by Crippen LogP contribution is 2.36. The van der Waals surface area contributed by atoms with Crippen molar-refractivity contribution in [3.63, 3.8) is 0 Å². The Morgan fingerprint density at radius 1 is 1.22 bits per heavy atom. The van der Waals surface area contributed by atoms with Gasteiger partial charge in [0.05, 0.1) is 24.0 Å². The maximum absolute atomic E-state index is 13.2. The predicted octanol–water partition coefficient (Wildman–Crippen LogP) is 4.76. The number of anilines is 1. The van der Waals surface area contributed by atoms with Crippen molar-refractivity contribution in [2.75, 3.05) is 26.1 Å². The average Bonchev–Trinajstić information content (AvgIpc) is 3.15. The first-order valence-corrected chi connectivity index (χ1v) is 11.6. The fraction of sp³-hybridized carbons (Fsp3) is 0.478. The van der Waals surface area contributed by atoms with E-state index >= 15 is 0 Å². The molecule has 0 bridgehead atoms. The van der Waals surface area contributed by atoms with Gasteiger partial charge < -0.3 is 19.5 Å². The fourth-order valence-corrected chi connectivity index (χ4v) is 5.11. The lowest BCUT2D eigenvalue weighted by molar-refractivity contribution is 0.102. The Kier molecular flexibility index (Phi) is 7.16. The Hall–Kier alpha value is -2.78. The second kappa shape index (κ2) is 10.2. The highest BCUT2D eigenvalue weighted by Gasteiger charge is 2.23. The molecule has 3 aromatic rings. The van der Waals surface area contributed by atoms with Gasteiger partial charge in [-0.15, -0.1) is 11.3 Å². The molecule has 8 nitrogen and oxygen atoms in total. The molecule has 3 aromatic heterocycles. The fourth-order valence-electron chi connectivity index (χ4n) is 4.03. The number of fused-ring (bicyclic) bond motifs is 1. The van der Waals surface area contributed by atoms with Crippen molar-refractivity contribution in [2.24, 2.45) is 5.92 Å². The van der Waals surface area contributed by atoms with E-state index in [2.05, 4.69) is 20.3 Å². The minimum atomic E-state index is -0.262. The Labute approximate surface area is 191 Å². The molecule has 0 saturated heterocycles. The number of hydrogen-bond donors (Lipinski definition) is 1. The van der Waals surface area contributed by atoms with E-state index in [4.69, 9.17) is 14.2 Å². The van der Waals surface area contributed by atoms with Crippen LogP contribution in [0.5, 0.6) is 11.6 Å². The summed E-state index contributed by atoms with van der Waals surface area (Å²) < 4.78 is 16.6. The summed E-state index contributed by atoms with van der Waals surface area (Å²) in [5, 5.41) is 3.65. The van der Waals surface area contributed by atoms with Crippen LogP contribution in [0.2, 0.25) is 0 Å². The molecular formula is C23H28N4O4S. The molecule has 0 aromatic carbocycles. The zero-order chi connectivity index (χ0) is 22.5. The molecule has 0 atom stereocenters. The van der Waals surface area contributed by atoms with E-state index in [1.807, 2.05) is 19.1 Å². The number of carbonyl (C=O) groups is 1. The van der Waals surface area contributed by atoms with Gasteiger partial charge in [0.1, 0.15) is 11.4 Å². The minimum absolute atomic E-state index is 0.262. The van der Waals surface area contributed by atoms with Crippen LogP contribution in [0.1, 0.15) is 53.2 Å². The van der Waals surface area contributed by atoms with Gasteiger partial charge in [0.2, 0.25) is 5.88 Å². The van der Waals surface area contributed by atoms with Gasteiger partial charge in [-0.2, -0.15) is 4.98 Å². The van der Waals surface area contributed by atoms with Crippen molar-refractivity contribution >= 4 is 33.3 Å². The molecule has 1 aliphatic carbocycles. The highest BCUT2D eigenvalue weighted by molar-refractivity contribution is 7.20. The summed E-state index contributed by atoms with van der Waals surface area (Å²) in [5.74, 6) is 2.25. The number of methoxy groups -OCH3 is 2. The van der Waals surface area contributed by atoms with Crippen molar-refractivity contribution in [3.05, 3.63) is 34.6 Å². The summed E-state index contributed by atoms with van der Waals surface area (Å²) in [5.41, 5.74) is 0.768. The molecule has 32 heavy (non-hydrogen) atoms. The Morgan fingerprint density at radius 2 is 2.03 bits per heavy atom. The first kappa shape index (κ1) is 22.4. The summed E-state index contributed by atoms with van der Waals surface area (Å²) in [6.45, 7) is 2.78. The van der Waals surface area contributed by atoms with E-state index in [9.17, 15) is 4.79 Å². The van der Waals surface area contributed by atoms with Gasteiger partial charge in [-0.3, -0.25) is 4.79 Å². The lowest BCUT2D eigenvalue weighted by Gasteiger charge is -2.22. The average molecular weight is 457 g/mol. The summed E-state index contributed by atoms with van der Waals surface area (Å²) in [6.07, 6.45) is 7.85. The van der Waals surface area contributed by atoms with Crippen LogP contribution in [0, 0.1) is 12.8 Å². The van der Waals surface area contributed by atoms with Crippen molar-refractivity contribution in [1.29, 1.82) is 0 Å². The number of aryl methyl sites for hydroxylation is 1. The van der Waals surface area contributed by atoms with Gasteiger partial charge in [-0.05, 0) is 43.4 Å². The van der Waals surface area contributed by atoms with Crippen LogP contribution < -0.4 is 14.8 Å². The normalized spacial score (nSPS) is 14.5. The van der Waals surface area contributed by atoms with Gasteiger partial charge in [0, 0.05) is 13.3 Å². The van der Waals surface area contributed by atoms with Gasteiger partial charge >= 0.3 is 0 Å². The second-order valence-electron chi connectivity index (χ2n) is 7.94. The number of ether oxygens (including phenoxy) is 3. The number of nitrogens with zero attached hydrogens (tertiary/aromatic N) is 3. The zero-order valence-electron chi connectivity index (χ0n) is 18.6. The lowest BCUT2D eigenvalue weighted by atomic mass is 9.90. The summed E-state index contributed by atoms with van der Waals surface area (Å²) in [6, 6.07) is 3.66. The molecule has 3 heterocycles. The SMILES string of the molecule is COCc1nc(OC)c2c(C)c(C(=O)Nc3ncccc3OCC3CCCCC3)sc2n1. The third-order valence-corrected chi connectivity index (χ3v) is 6.86. The highest BCUT2D eigenvalue weighted by atomic mass is 32.1. The van der Waals surface area contributed by atoms with E-state index < -0.39 is 0 Å². The molecule has 9 heteroatoms. The number of amides is 1. The molecule has 1 amide bonds. The van der Waals surface area contributed by atoms with E-state index in [0.717, 1.165) is 10.9 Å². The third-order valence-electron chi connectivity index (χ3n) is 5.68. The van der Waals surface area contributed by atoms with E-state index in [-0.39, 0.29) is 12.5 Å². The Bertz CT molecular complexity index is 1100. The first-order valence-electron chi connectivity index (χ1n) is 10.8. The van der Waals surface area contributed by atoms with Crippen LogP contribution in [0.3, 0.4) is 0 Å². The molecule has 1 aliphatic rings. The van der Waals surface area contributed by atoms with Gasteiger partial charge in [0.15, 0.2) is 17.4 Å². The molecule has 1 fully saturated rings. The molecule has 0 radical (unpaired) electrons. The molecule has 1 saturated carbocycles. The summed E-state index contributed by atoms with van der Waals surface area (Å²) in [4.78, 5) is 27.6. The monoisotopic (exact) mass is 456 g/mol. The molecule has 0 unspecified atom stereocenters. The Morgan fingerprint density at radius 3 is 2.78 bits per heavy atom. The van der Waals surface area contributed by atoms with E-state index in [1.165, 1.54) is 43.4 Å². The first-order chi connectivity index (χ1) is 15.6. The summed E-state index contributed by atoms with van der Waals surface area (Å²) >= 11 is 1.30. The van der Waals surface area contributed by atoms with E-state index in [0.29, 0.717) is 45.5 Å². The van der Waals surface area contributed by atoms with Crippen LogP contribution in [0.4, 0.5) is 5.82 Å². The molecule has 0 spiro atoms. The smallest absolute Gasteiger partial charge is 0.267 e. The van der Waals surface area contributed by atoms with Crippen LogP contribution in [0.15, 0.2) is 18.3 Å². The van der Waals surface area contributed by atoms with Crippen molar-refractivity contribution in [3.8, 4) is 11.6 Å². The Balaban J connectivity index is 1.56. The minimum Gasteiger partial charge on any atom is -0.489 e. The topological polar surface area (TPSA) is 95.5 Å². The van der Waals surface area contributed by atoms with Gasteiger partial charge in [-0.1, -0.05) is 19.3 Å². The molecule has 170 valence electrons. The number of hydrogen-bond acceptors (Lipinski definition) is 8. The number of thiophene rings is 1. The maximum Gasteiger partial charge on any atom is 0.267 e. The largest absolute Gasteiger partial charge is 0.489 e. The molecule has 1 N–H and O–H groups in total. The standard InChI is InChI=1S/C23H28N4O4S/c1-14-18-22(30-3)25-17(13-29-2)26-23(18)32-19(14)21(28)27-20-16(10-7-11-24-20)31-12-15-8-5-4-6-9-15/h7,10-11,15H,4-6,8-9,12-13H2,1-3H3,(H,24,27,28). The second-order valence-corrected chi connectivity index (χ2v) is 8.94. The number of aromatic nitrogens is 3. The molecule has 0 aliphatic heterocycles. The van der Waals surface area contributed by atoms with Crippen LogP contribution in [-0.4, -0.2) is 41.7 Å². The molecule has 4 rings (SSSR count). The van der Waals surface area contributed by atoms with Crippen LogP contribution >= 0.6 is 11.3 Å². The zero-order valence-corrected chi connectivity index (χ0v) is 19.5. The number of carbonyl (C=O) groups excluding carboxylic acids is 1. The number of nitrogens with one attached hydrogen (secondary N) is 1. The van der Waals surface area contributed by atoms with Gasteiger partial charge in [-0.25, -0.2) is 9.97 Å². The van der Waals surface area contributed by atoms with Crippen molar-refractivity contribution in [2.45, 2.75) is 45.6 Å². The van der Waals surface area contributed by atoms with Crippen LogP contribution in [0.25, 0.3) is 10.2 Å². The summed E-state index contributed by atoms with van der Waals surface area (Å²) in [7, 11) is 3.14. The predicted molar refractivity (Wildman–Crippen MR) is 124 cm³/mol. The molecular weight excluding hydrogens is 428 g/mol. The maximum atomic E-state index is 13.2. The number of pyridine rings is 1. The quantitative estimate of drug-likeness (QED) is 0.522. The van der Waals surface area contributed by atoms with Crippen molar-refractivity contribution < 1.29 is 19.0 Å².